The Morgan fingerprint density at radius 3 is 2.70 bits per heavy atom. The molecule has 0 bridgehead atoms. The van der Waals surface area contributed by atoms with Crippen molar-refractivity contribution >= 4 is 6.29 Å². The van der Waals surface area contributed by atoms with Crippen LogP contribution in [-0.2, 0) is 6.67 Å². The van der Waals surface area contributed by atoms with Gasteiger partial charge in [0.05, 0.1) is 5.56 Å². The molecule has 0 aromatic heterocycles. The molecule has 0 heterocycles. The predicted octanol–water partition coefficient (Wildman–Crippen LogP) is 3.77. The van der Waals surface area contributed by atoms with Gasteiger partial charge in [-0.2, -0.15) is 5.26 Å². The predicted molar refractivity (Wildman–Crippen MR) is 67.8 cm³/mol. The third kappa shape index (κ3) is 2.98. The van der Waals surface area contributed by atoms with E-state index >= 15 is 0 Å². The molecular formula is C15H9F2NO2. The fraction of sp³-hybridized carbons (Fsp3) is 0.0667. The summed E-state index contributed by atoms with van der Waals surface area (Å²) in [6, 6.07) is 9.64. The Morgan fingerprint density at radius 1 is 1.25 bits per heavy atom. The van der Waals surface area contributed by atoms with Crippen LogP contribution in [0.5, 0.6) is 11.5 Å². The maximum absolute atomic E-state index is 13.3. The number of halogens is 2. The Balaban J connectivity index is 2.37. The summed E-state index contributed by atoms with van der Waals surface area (Å²) in [6.45, 7) is -0.816. The van der Waals surface area contributed by atoms with Crippen LogP contribution in [0, 0.1) is 17.1 Å². The monoisotopic (exact) mass is 273 g/mol. The lowest BCUT2D eigenvalue weighted by molar-refractivity contribution is 0.112. The van der Waals surface area contributed by atoms with E-state index in [0.29, 0.717) is 11.8 Å². The molecule has 0 spiro atoms. The third-order valence-corrected chi connectivity index (χ3v) is 2.57. The molecule has 0 unspecified atom stereocenters. The molecule has 0 aliphatic heterocycles. The average molecular weight is 273 g/mol. The summed E-state index contributed by atoms with van der Waals surface area (Å²) in [5.41, 5.74) is 0.612. The topological polar surface area (TPSA) is 50.1 Å². The van der Waals surface area contributed by atoms with E-state index in [1.807, 2.05) is 6.07 Å². The van der Waals surface area contributed by atoms with Gasteiger partial charge in [0.1, 0.15) is 36.3 Å². The summed E-state index contributed by atoms with van der Waals surface area (Å²) >= 11 is 0. The molecule has 100 valence electrons. The molecule has 5 heteroatoms. The van der Waals surface area contributed by atoms with E-state index in [-0.39, 0.29) is 22.6 Å². The number of carbonyl (C=O) groups is 1. The molecule has 0 amide bonds. The smallest absolute Gasteiger partial charge is 0.150 e. The first-order chi connectivity index (χ1) is 9.66. The number of carbonyl (C=O) groups excluding carboxylic acids is 1. The summed E-state index contributed by atoms with van der Waals surface area (Å²) < 4.78 is 31.2. The molecule has 20 heavy (non-hydrogen) atoms. The molecule has 0 aliphatic rings. The molecular weight excluding hydrogens is 264 g/mol. The maximum atomic E-state index is 13.3. The van der Waals surface area contributed by atoms with Gasteiger partial charge in [0.15, 0.2) is 0 Å². The second-order valence-corrected chi connectivity index (χ2v) is 4.02. The van der Waals surface area contributed by atoms with E-state index < -0.39 is 12.5 Å². The van der Waals surface area contributed by atoms with Crippen molar-refractivity contribution in [3.05, 3.63) is 58.9 Å². The van der Waals surface area contributed by atoms with Gasteiger partial charge in [0, 0.05) is 11.6 Å². The first kappa shape index (κ1) is 13.7. The highest BCUT2D eigenvalue weighted by Gasteiger charge is 2.08. The average Bonchev–Trinajstić information content (AvgIpc) is 2.47. The highest BCUT2D eigenvalue weighted by Crippen LogP contribution is 2.27. The minimum absolute atomic E-state index is 0.0907. The van der Waals surface area contributed by atoms with Crippen LogP contribution in [0.4, 0.5) is 8.78 Å². The first-order valence-corrected chi connectivity index (χ1v) is 5.69. The number of nitriles is 1. The van der Waals surface area contributed by atoms with Gasteiger partial charge in [-0.05, 0) is 35.9 Å². The highest BCUT2D eigenvalue weighted by atomic mass is 19.1. The normalized spacial score (nSPS) is 9.85. The van der Waals surface area contributed by atoms with Crippen molar-refractivity contribution in [3.8, 4) is 17.6 Å². The van der Waals surface area contributed by atoms with Crippen LogP contribution < -0.4 is 4.74 Å². The molecule has 3 nitrogen and oxygen atoms in total. The van der Waals surface area contributed by atoms with Crippen molar-refractivity contribution in [3.63, 3.8) is 0 Å². The van der Waals surface area contributed by atoms with Crippen molar-refractivity contribution in [2.24, 2.45) is 0 Å². The summed E-state index contributed by atoms with van der Waals surface area (Å²) in [7, 11) is 0. The number of nitrogens with zero attached hydrogens (tertiary/aromatic N) is 1. The lowest BCUT2D eigenvalue weighted by Gasteiger charge is -2.09. The van der Waals surface area contributed by atoms with E-state index in [9.17, 15) is 13.6 Å². The van der Waals surface area contributed by atoms with Gasteiger partial charge in [-0.3, -0.25) is 4.79 Å². The lowest BCUT2D eigenvalue weighted by atomic mass is 10.1. The summed E-state index contributed by atoms with van der Waals surface area (Å²) in [5.74, 6) is -0.361. The SMILES string of the molecule is N#Cc1cc(C=O)ccc1Oc1cc(F)cc(CF)c1. The second-order valence-electron chi connectivity index (χ2n) is 4.02. The molecule has 0 radical (unpaired) electrons. The molecule has 0 atom stereocenters. The van der Waals surface area contributed by atoms with Crippen LogP contribution in [0.3, 0.4) is 0 Å². The zero-order chi connectivity index (χ0) is 14.5. The van der Waals surface area contributed by atoms with Crippen LogP contribution in [-0.4, -0.2) is 6.29 Å². The molecule has 0 saturated carbocycles. The fourth-order valence-electron chi connectivity index (χ4n) is 1.68. The van der Waals surface area contributed by atoms with Crippen LogP contribution in [0.25, 0.3) is 0 Å². The van der Waals surface area contributed by atoms with E-state index in [2.05, 4.69) is 0 Å². The Morgan fingerprint density at radius 2 is 2.05 bits per heavy atom. The van der Waals surface area contributed by atoms with Gasteiger partial charge in [-0.15, -0.1) is 0 Å². The summed E-state index contributed by atoms with van der Waals surface area (Å²) in [6.07, 6.45) is 0.605. The summed E-state index contributed by atoms with van der Waals surface area (Å²) in [4.78, 5) is 10.6. The molecule has 0 aliphatic carbocycles. The summed E-state index contributed by atoms with van der Waals surface area (Å²) in [5, 5.41) is 8.99. The highest BCUT2D eigenvalue weighted by molar-refractivity contribution is 5.76. The van der Waals surface area contributed by atoms with Crippen LogP contribution in [0.2, 0.25) is 0 Å². The number of rotatable bonds is 4. The van der Waals surface area contributed by atoms with E-state index in [4.69, 9.17) is 10.00 Å². The zero-order valence-electron chi connectivity index (χ0n) is 10.3. The van der Waals surface area contributed by atoms with Crippen LogP contribution in [0.1, 0.15) is 21.5 Å². The van der Waals surface area contributed by atoms with Crippen LogP contribution >= 0.6 is 0 Å². The minimum atomic E-state index is -0.816. The van der Waals surface area contributed by atoms with Gasteiger partial charge in [0.25, 0.3) is 0 Å². The van der Waals surface area contributed by atoms with Gasteiger partial charge in [-0.25, -0.2) is 8.78 Å². The third-order valence-electron chi connectivity index (χ3n) is 2.57. The molecule has 0 N–H and O–H groups in total. The molecule has 0 fully saturated rings. The van der Waals surface area contributed by atoms with Crippen molar-refractivity contribution in [2.45, 2.75) is 6.67 Å². The Labute approximate surface area is 114 Å². The number of aldehydes is 1. The molecule has 2 aromatic carbocycles. The van der Waals surface area contributed by atoms with E-state index in [1.54, 1.807) is 0 Å². The number of hydrogen-bond donors (Lipinski definition) is 0. The molecule has 0 saturated heterocycles. The number of ether oxygens (including phenoxy) is 1. The number of hydrogen-bond acceptors (Lipinski definition) is 3. The molecule has 2 aromatic rings. The van der Waals surface area contributed by atoms with Crippen LogP contribution in [0.15, 0.2) is 36.4 Å². The second kappa shape index (κ2) is 5.93. The Hall–Kier alpha value is -2.74. The van der Waals surface area contributed by atoms with Crippen molar-refractivity contribution < 1.29 is 18.3 Å². The van der Waals surface area contributed by atoms with Crippen molar-refractivity contribution in [1.29, 1.82) is 5.26 Å². The standard InChI is InChI=1S/C15H9F2NO2/c16-7-11-4-13(17)6-14(5-11)20-15-2-1-10(9-19)3-12(15)8-18/h1-6,9H,7H2. The first-order valence-electron chi connectivity index (χ1n) is 5.69. The van der Waals surface area contributed by atoms with E-state index in [1.165, 1.54) is 24.3 Å². The minimum Gasteiger partial charge on any atom is -0.456 e. The largest absolute Gasteiger partial charge is 0.456 e. The quantitative estimate of drug-likeness (QED) is 0.797. The van der Waals surface area contributed by atoms with Gasteiger partial charge >= 0.3 is 0 Å². The number of benzene rings is 2. The number of alkyl halides is 1. The van der Waals surface area contributed by atoms with Crippen molar-refractivity contribution in [1.82, 2.24) is 0 Å². The van der Waals surface area contributed by atoms with Gasteiger partial charge in [0.2, 0.25) is 0 Å². The van der Waals surface area contributed by atoms with Crippen molar-refractivity contribution in [2.75, 3.05) is 0 Å². The fourth-order valence-corrected chi connectivity index (χ4v) is 1.68. The lowest BCUT2D eigenvalue weighted by Crippen LogP contribution is -1.92. The zero-order valence-corrected chi connectivity index (χ0v) is 10.3. The van der Waals surface area contributed by atoms with E-state index in [0.717, 1.165) is 12.1 Å². The van der Waals surface area contributed by atoms with Gasteiger partial charge < -0.3 is 4.74 Å². The Bertz CT molecular complexity index is 693. The maximum Gasteiger partial charge on any atom is 0.150 e. The van der Waals surface area contributed by atoms with Gasteiger partial charge in [-0.1, -0.05) is 0 Å². The molecule has 2 rings (SSSR count). The Kier molecular flexibility index (Phi) is 4.06.